The molecule has 0 saturated heterocycles. The molecule has 2 aromatic carbocycles. The second-order valence-corrected chi connectivity index (χ2v) is 15.4. The van der Waals surface area contributed by atoms with Gasteiger partial charge in [-0.05, 0) is 63.0 Å². The summed E-state index contributed by atoms with van der Waals surface area (Å²) in [6, 6.07) is 18.7. The molecule has 0 saturated carbocycles. The van der Waals surface area contributed by atoms with Crippen molar-refractivity contribution in [3.05, 3.63) is 71.3 Å². The van der Waals surface area contributed by atoms with Crippen LogP contribution >= 0.6 is 0 Å². The summed E-state index contributed by atoms with van der Waals surface area (Å²) < 4.78 is 32.0. The van der Waals surface area contributed by atoms with Gasteiger partial charge in [-0.15, -0.1) is 0 Å². The minimum atomic E-state index is -4.04. The molecule has 2 aromatic rings. The summed E-state index contributed by atoms with van der Waals surface area (Å²) in [6.07, 6.45) is 2.08. The molecule has 0 fully saturated rings. The summed E-state index contributed by atoms with van der Waals surface area (Å²) in [5.41, 5.74) is 3.47. The van der Waals surface area contributed by atoms with Gasteiger partial charge in [0.15, 0.2) is 0 Å². The average molecular weight is 501 g/mol. The Morgan fingerprint density at radius 2 is 1.17 bits per heavy atom. The second kappa shape index (κ2) is 10.4. The third-order valence-electron chi connectivity index (χ3n) is 8.12. The Kier molecular flexibility index (Phi) is 8.77. The molecule has 3 nitrogen and oxygen atoms in total. The highest BCUT2D eigenvalue weighted by Gasteiger charge is 2.47. The predicted octanol–water partition coefficient (Wildman–Crippen LogP) is 8.87. The molecule has 0 heterocycles. The zero-order chi connectivity index (χ0) is 26.9. The van der Waals surface area contributed by atoms with Gasteiger partial charge in [-0.25, -0.2) is 0 Å². The molecule has 0 aliphatic heterocycles. The van der Waals surface area contributed by atoms with Gasteiger partial charge in [-0.1, -0.05) is 124 Å². The fraction of sp³-hybridized carbons (Fsp3) is 0.613. The minimum Gasteiger partial charge on any atom is -0.285 e. The van der Waals surface area contributed by atoms with E-state index >= 15 is 0 Å². The van der Waals surface area contributed by atoms with Crippen molar-refractivity contribution in [2.24, 2.45) is 21.7 Å². The monoisotopic (exact) mass is 500 g/mol. The third kappa shape index (κ3) is 8.18. The van der Waals surface area contributed by atoms with Crippen LogP contribution in [0.3, 0.4) is 0 Å². The lowest BCUT2D eigenvalue weighted by Crippen LogP contribution is -2.41. The highest BCUT2D eigenvalue weighted by Crippen LogP contribution is 2.57. The van der Waals surface area contributed by atoms with Crippen LogP contribution in [0.15, 0.2) is 54.6 Å². The Morgan fingerprint density at radius 1 is 0.686 bits per heavy atom. The van der Waals surface area contributed by atoms with E-state index in [0.29, 0.717) is 11.5 Å². The Hall–Kier alpha value is -1.65. The van der Waals surface area contributed by atoms with Crippen molar-refractivity contribution >= 4 is 10.1 Å². The Labute approximate surface area is 215 Å². The van der Waals surface area contributed by atoms with Crippen LogP contribution in [0.5, 0.6) is 0 Å². The first-order valence-electron chi connectivity index (χ1n) is 12.8. The van der Waals surface area contributed by atoms with E-state index < -0.39 is 10.1 Å². The lowest BCUT2D eigenvalue weighted by Gasteiger charge is -2.51. The van der Waals surface area contributed by atoms with E-state index in [-0.39, 0.29) is 33.3 Å². The summed E-state index contributed by atoms with van der Waals surface area (Å²) in [5, 5.41) is 0. The van der Waals surface area contributed by atoms with Crippen molar-refractivity contribution in [2.75, 3.05) is 0 Å². The molecule has 0 amide bonds. The van der Waals surface area contributed by atoms with Gasteiger partial charge >= 0.3 is 0 Å². The van der Waals surface area contributed by atoms with Crippen LogP contribution in [0, 0.1) is 21.7 Å². The topological polar surface area (TPSA) is 54.4 Å². The minimum absolute atomic E-state index is 0.0177. The summed E-state index contributed by atoms with van der Waals surface area (Å²) in [6.45, 7) is 23.5. The summed E-state index contributed by atoms with van der Waals surface area (Å²) in [7, 11) is -4.04. The number of rotatable bonds is 9. The molecule has 0 radical (unpaired) electrons. The maximum atomic E-state index is 11.4. The number of hydrogen-bond acceptors (Lipinski definition) is 2. The molecule has 196 valence electrons. The average Bonchev–Trinajstić information content (AvgIpc) is 2.69. The quantitative estimate of drug-likeness (QED) is 0.350. The van der Waals surface area contributed by atoms with Crippen molar-refractivity contribution in [3.8, 4) is 0 Å². The van der Waals surface area contributed by atoms with Crippen LogP contribution in [-0.4, -0.2) is 13.0 Å². The highest BCUT2D eigenvalue weighted by molar-refractivity contribution is 7.85. The Bertz CT molecular complexity index is 1050. The van der Waals surface area contributed by atoms with Crippen LogP contribution in [0.25, 0.3) is 0 Å². The van der Waals surface area contributed by atoms with Crippen LogP contribution in [0.1, 0.15) is 111 Å². The number of benzene rings is 2. The molecular formula is C31H48O3S. The van der Waals surface area contributed by atoms with E-state index in [9.17, 15) is 13.0 Å². The molecule has 2 unspecified atom stereocenters. The molecule has 35 heavy (non-hydrogen) atoms. The maximum absolute atomic E-state index is 11.4. The van der Waals surface area contributed by atoms with E-state index in [2.05, 4.69) is 112 Å². The molecule has 0 bridgehead atoms. The standard InChI is InChI=1S/C31H48O3S/c1-28(2,3)20-27(25-18-16-23(17-19-25)22-35(32,33)34)31(9,10)30(7,8)21-26(29(4,5)6)24-14-12-11-13-15-24/h11-19,26-27H,20-22H2,1-10H3,(H,32,33,34). The molecule has 0 spiro atoms. The van der Waals surface area contributed by atoms with Gasteiger partial charge in [0.25, 0.3) is 10.1 Å². The largest absolute Gasteiger partial charge is 0.285 e. The van der Waals surface area contributed by atoms with E-state index in [4.69, 9.17) is 0 Å². The zero-order valence-corrected chi connectivity index (χ0v) is 24.5. The van der Waals surface area contributed by atoms with Gasteiger partial charge in [0.05, 0.1) is 0 Å². The van der Waals surface area contributed by atoms with E-state index in [1.165, 1.54) is 11.1 Å². The zero-order valence-electron chi connectivity index (χ0n) is 23.6. The van der Waals surface area contributed by atoms with E-state index in [0.717, 1.165) is 12.8 Å². The molecule has 0 aromatic heterocycles. The van der Waals surface area contributed by atoms with E-state index in [1.807, 2.05) is 12.1 Å². The molecule has 1 N–H and O–H groups in total. The summed E-state index contributed by atoms with van der Waals surface area (Å²) >= 11 is 0. The van der Waals surface area contributed by atoms with Crippen LogP contribution in [-0.2, 0) is 15.9 Å². The van der Waals surface area contributed by atoms with Crippen LogP contribution in [0.4, 0.5) is 0 Å². The molecule has 0 aliphatic carbocycles. The smallest absolute Gasteiger partial charge is 0.269 e. The van der Waals surface area contributed by atoms with Crippen LogP contribution < -0.4 is 0 Å². The van der Waals surface area contributed by atoms with Gasteiger partial charge in [-0.2, -0.15) is 8.42 Å². The third-order valence-corrected chi connectivity index (χ3v) is 8.82. The van der Waals surface area contributed by atoms with Crippen molar-refractivity contribution in [3.63, 3.8) is 0 Å². The molecule has 0 aliphatic rings. The highest BCUT2D eigenvalue weighted by atomic mass is 32.2. The first-order chi connectivity index (χ1) is 15.7. The van der Waals surface area contributed by atoms with Crippen LogP contribution in [0.2, 0.25) is 0 Å². The summed E-state index contributed by atoms with van der Waals surface area (Å²) in [5.74, 6) is 0.357. The Balaban J connectivity index is 2.49. The first kappa shape index (κ1) is 29.6. The number of hydrogen-bond donors (Lipinski definition) is 1. The van der Waals surface area contributed by atoms with Crippen molar-refractivity contribution in [2.45, 2.75) is 99.7 Å². The lowest BCUT2D eigenvalue weighted by atomic mass is 9.53. The molecular weight excluding hydrogens is 452 g/mol. The van der Waals surface area contributed by atoms with Gasteiger partial charge in [-0.3, -0.25) is 4.55 Å². The van der Waals surface area contributed by atoms with Crippen molar-refractivity contribution in [1.29, 1.82) is 0 Å². The van der Waals surface area contributed by atoms with Gasteiger partial charge in [0.2, 0.25) is 0 Å². The van der Waals surface area contributed by atoms with Crippen molar-refractivity contribution < 1.29 is 13.0 Å². The SMILES string of the molecule is CC(C)(C)CC(c1ccc(CS(=O)(=O)O)cc1)C(C)(C)C(C)(C)CC(c1ccccc1)C(C)(C)C. The molecule has 2 atom stereocenters. The van der Waals surface area contributed by atoms with Gasteiger partial charge < -0.3 is 0 Å². The van der Waals surface area contributed by atoms with Gasteiger partial charge in [0, 0.05) is 0 Å². The van der Waals surface area contributed by atoms with Gasteiger partial charge in [0.1, 0.15) is 5.75 Å². The van der Waals surface area contributed by atoms with Crippen molar-refractivity contribution in [1.82, 2.24) is 0 Å². The molecule has 2 rings (SSSR count). The molecule has 4 heteroatoms. The fourth-order valence-electron chi connectivity index (χ4n) is 5.31. The Morgan fingerprint density at radius 3 is 1.60 bits per heavy atom. The summed E-state index contributed by atoms with van der Waals surface area (Å²) in [4.78, 5) is 0. The second-order valence-electron chi connectivity index (χ2n) is 13.9. The first-order valence-corrected chi connectivity index (χ1v) is 14.4. The lowest BCUT2D eigenvalue weighted by molar-refractivity contribution is 0.0305. The predicted molar refractivity (Wildman–Crippen MR) is 149 cm³/mol. The normalized spacial score (nSPS) is 15.6. The van der Waals surface area contributed by atoms with E-state index in [1.54, 1.807) is 0 Å². The maximum Gasteiger partial charge on any atom is 0.269 e. The fourth-order valence-corrected chi connectivity index (χ4v) is 5.93.